The number of nitrogens with one attached hydrogen (secondary N) is 4. The molecule has 1 rings (SSSR count). The summed E-state index contributed by atoms with van der Waals surface area (Å²) in [5.74, 6) is -2.78. The van der Waals surface area contributed by atoms with Crippen molar-refractivity contribution in [1.29, 1.82) is 0 Å². The van der Waals surface area contributed by atoms with Crippen LogP contribution in [0.1, 0.15) is 32.9 Å². The summed E-state index contributed by atoms with van der Waals surface area (Å²) in [6.07, 6.45) is 3.61. The lowest BCUT2D eigenvalue weighted by Gasteiger charge is -2.23. The molecule has 7 N–H and O–H groups in total. The molecule has 0 bridgehead atoms. The number of carboxylic acid groups (broad SMARTS) is 1. The highest BCUT2D eigenvalue weighted by atomic mass is 16.4. The number of hydrogen-bond donors (Lipinski definition) is 6. The van der Waals surface area contributed by atoms with Gasteiger partial charge in [-0.1, -0.05) is 13.8 Å². The van der Waals surface area contributed by atoms with Gasteiger partial charge in [0.25, 0.3) is 0 Å². The molecule has 3 amide bonds. The number of carboxylic acids is 1. The van der Waals surface area contributed by atoms with Crippen LogP contribution in [0.4, 0.5) is 0 Å². The molecule has 3 atom stereocenters. The summed E-state index contributed by atoms with van der Waals surface area (Å²) in [6, 6.07) is -2.72. The molecular weight excluding hydrogens is 368 g/mol. The summed E-state index contributed by atoms with van der Waals surface area (Å²) in [6.45, 7) is 4.65. The topological polar surface area (TPSA) is 179 Å². The van der Waals surface area contributed by atoms with E-state index in [1.165, 1.54) is 13.3 Å². The minimum Gasteiger partial charge on any atom is -0.480 e. The largest absolute Gasteiger partial charge is 0.480 e. The van der Waals surface area contributed by atoms with Crippen LogP contribution < -0.4 is 21.7 Å². The van der Waals surface area contributed by atoms with Crippen LogP contribution in [-0.2, 0) is 25.6 Å². The van der Waals surface area contributed by atoms with Gasteiger partial charge in [0, 0.05) is 18.3 Å². The van der Waals surface area contributed by atoms with Crippen LogP contribution in [0, 0.1) is 5.92 Å². The molecule has 0 radical (unpaired) electrons. The Bertz CT molecular complexity index is 676. The van der Waals surface area contributed by atoms with Gasteiger partial charge in [0.15, 0.2) is 0 Å². The minimum atomic E-state index is -1.19. The molecule has 1 heterocycles. The monoisotopic (exact) mass is 396 g/mol. The minimum absolute atomic E-state index is 0.0935. The molecule has 156 valence electrons. The smallest absolute Gasteiger partial charge is 0.322 e. The lowest BCUT2D eigenvalue weighted by atomic mass is 10.0. The predicted octanol–water partition coefficient (Wildman–Crippen LogP) is -1.48. The van der Waals surface area contributed by atoms with Crippen molar-refractivity contribution in [2.75, 3.05) is 6.54 Å². The zero-order chi connectivity index (χ0) is 21.3. The number of amides is 3. The summed E-state index contributed by atoms with van der Waals surface area (Å²) >= 11 is 0. The van der Waals surface area contributed by atoms with Crippen molar-refractivity contribution < 1.29 is 24.3 Å². The average molecular weight is 396 g/mol. The van der Waals surface area contributed by atoms with E-state index in [4.69, 9.17) is 10.8 Å². The molecule has 1 aromatic rings. The number of rotatable bonds is 11. The van der Waals surface area contributed by atoms with Crippen molar-refractivity contribution in [2.45, 2.75) is 51.7 Å². The number of aromatic nitrogens is 2. The summed E-state index contributed by atoms with van der Waals surface area (Å²) in [4.78, 5) is 53.9. The quantitative estimate of drug-likeness (QED) is 0.264. The third-order valence-corrected chi connectivity index (χ3v) is 3.84. The van der Waals surface area contributed by atoms with Crippen molar-refractivity contribution in [3.8, 4) is 0 Å². The summed E-state index contributed by atoms with van der Waals surface area (Å²) in [5, 5.41) is 15.9. The molecule has 0 saturated heterocycles. The van der Waals surface area contributed by atoms with Crippen LogP contribution in [0.15, 0.2) is 12.5 Å². The second-order valence-corrected chi connectivity index (χ2v) is 6.92. The van der Waals surface area contributed by atoms with Gasteiger partial charge in [-0.15, -0.1) is 0 Å². The maximum Gasteiger partial charge on any atom is 0.322 e. The summed E-state index contributed by atoms with van der Waals surface area (Å²) in [5.41, 5.74) is 6.58. The van der Waals surface area contributed by atoms with Crippen molar-refractivity contribution in [1.82, 2.24) is 25.9 Å². The first-order valence-electron chi connectivity index (χ1n) is 8.93. The molecule has 28 heavy (non-hydrogen) atoms. The Morgan fingerprint density at radius 3 is 2.36 bits per heavy atom. The highest BCUT2D eigenvalue weighted by molar-refractivity contribution is 5.93. The van der Waals surface area contributed by atoms with E-state index in [9.17, 15) is 19.2 Å². The van der Waals surface area contributed by atoms with Crippen molar-refractivity contribution in [3.63, 3.8) is 0 Å². The SMILES string of the molecule is CC(C)CC(NC(=O)C(N)Cc1cnc[nH]1)C(=O)NC(C)C(=O)NCC(=O)O. The number of hydrogen-bond acceptors (Lipinski definition) is 6. The van der Waals surface area contributed by atoms with E-state index >= 15 is 0 Å². The Morgan fingerprint density at radius 2 is 1.82 bits per heavy atom. The van der Waals surface area contributed by atoms with E-state index in [1.54, 1.807) is 6.20 Å². The second-order valence-electron chi connectivity index (χ2n) is 6.92. The van der Waals surface area contributed by atoms with Crippen LogP contribution in [-0.4, -0.2) is 63.4 Å². The van der Waals surface area contributed by atoms with E-state index < -0.39 is 48.4 Å². The number of carbonyl (C=O) groups is 4. The highest BCUT2D eigenvalue weighted by Crippen LogP contribution is 2.06. The molecule has 11 heteroatoms. The van der Waals surface area contributed by atoms with E-state index in [1.807, 2.05) is 13.8 Å². The van der Waals surface area contributed by atoms with Gasteiger partial charge >= 0.3 is 5.97 Å². The van der Waals surface area contributed by atoms with Crippen molar-refractivity contribution >= 4 is 23.7 Å². The van der Waals surface area contributed by atoms with Gasteiger partial charge in [-0.2, -0.15) is 0 Å². The molecule has 0 saturated carbocycles. The molecule has 0 spiro atoms. The molecule has 0 aliphatic rings. The summed E-state index contributed by atoms with van der Waals surface area (Å²) in [7, 11) is 0. The fraction of sp³-hybridized carbons (Fsp3) is 0.588. The first-order chi connectivity index (χ1) is 13.1. The van der Waals surface area contributed by atoms with Crippen LogP contribution in [0.3, 0.4) is 0 Å². The molecule has 1 aromatic heterocycles. The van der Waals surface area contributed by atoms with Gasteiger partial charge in [-0.05, 0) is 19.3 Å². The van der Waals surface area contributed by atoms with Crippen LogP contribution in [0.25, 0.3) is 0 Å². The molecule has 11 nitrogen and oxygen atoms in total. The second kappa shape index (κ2) is 11.0. The third-order valence-electron chi connectivity index (χ3n) is 3.84. The van der Waals surface area contributed by atoms with E-state index in [0.717, 1.165) is 0 Å². The summed E-state index contributed by atoms with van der Waals surface area (Å²) < 4.78 is 0. The number of nitrogens with zero attached hydrogens (tertiary/aromatic N) is 1. The fourth-order valence-corrected chi connectivity index (χ4v) is 2.40. The normalized spacial score (nSPS) is 14.0. The van der Waals surface area contributed by atoms with Gasteiger partial charge in [-0.25, -0.2) is 4.98 Å². The van der Waals surface area contributed by atoms with Gasteiger partial charge < -0.3 is 31.8 Å². The molecular formula is C17H28N6O5. The maximum absolute atomic E-state index is 12.5. The first-order valence-corrected chi connectivity index (χ1v) is 8.93. The Morgan fingerprint density at radius 1 is 1.14 bits per heavy atom. The predicted molar refractivity (Wildman–Crippen MR) is 99.9 cm³/mol. The Balaban J connectivity index is 2.66. The number of H-pyrrole nitrogens is 1. The number of nitrogens with two attached hydrogens (primary N) is 1. The van der Waals surface area contributed by atoms with Gasteiger partial charge in [-0.3, -0.25) is 19.2 Å². The Hall–Kier alpha value is -2.95. The molecule has 0 aliphatic heterocycles. The third kappa shape index (κ3) is 8.16. The first kappa shape index (κ1) is 23.1. The van der Waals surface area contributed by atoms with E-state index in [-0.39, 0.29) is 12.3 Å². The molecule has 0 fully saturated rings. The number of aromatic amines is 1. The Labute approximate surface area is 162 Å². The standard InChI is InChI=1S/C17H28N6O5/c1-9(2)4-13(17(28)22-10(3)15(26)20-7-14(24)25)23-16(27)12(18)5-11-6-19-8-21-11/h6,8-10,12-13H,4-5,7,18H2,1-3H3,(H,19,21)(H,20,26)(H,22,28)(H,23,27)(H,24,25). The number of aliphatic carboxylic acids is 1. The Kier molecular flexibility index (Phi) is 9.09. The maximum atomic E-state index is 12.5. The average Bonchev–Trinajstić information content (AvgIpc) is 3.11. The zero-order valence-corrected chi connectivity index (χ0v) is 16.2. The lowest BCUT2D eigenvalue weighted by molar-refractivity contribution is -0.138. The van der Waals surface area contributed by atoms with Gasteiger partial charge in [0.2, 0.25) is 17.7 Å². The zero-order valence-electron chi connectivity index (χ0n) is 16.2. The highest BCUT2D eigenvalue weighted by Gasteiger charge is 2.27. The van der Waals surface area contributed by atoms with Crippen LogP contribution >= 0.6 is 0 Å². The van der Waals surface area contributed by atoms with Crippen molar-refractivity contribution in [2.24, 2.45) is 11.7 Å². The van der Waals surface area contributed by atoms with Crippen LogP contribution in [0.2, 0.25) is 0 Å². The molecule has 0 aromatic carbocycles. The van der Waals surface area contributed by atoms with Gasteiger partial charge in [0.1, 0.15) is 18.6 Å². The number of carbonyl (C=O) groups excluding carboxylic acids is 3. The fourth-order valence-electron chi connectivity index (χ4n) is 2.40. The van der Waals surface area contributed by atoms with E-state index in [0.29, 0.717) is 12.1 Å². The van der Waals surface area contributed by atoms with Crippen LogP contribution in [0.5, 0.6) is 0 Å². The molecule has 0 aliphatic carbocycles. The molecule has 3 unspecified atom stereocenters. The van der Waals surface area contributed by atoms with Gasteiger partial charge in [0.05, 0.1) is 12.4 Å². The van der Waals surface area contributed by atoms with E-state index in [2.05, 4.69) is 25.9 Å². The number of imidazole rings is 1. The lowest BCUT2D eigenvalue weighted by Crippen LogP contribution is -2.55. The van der Waals surface area contributed by atoms with Crippen molar-refractivity contribution in [3.05, 3.63) is 18.2 Å².